The van der Waals surface area contributed by atoms with Gasteiger partial charge in [0, 0.05) is 10.9 Å². The summed E-state index contributed by atoms with van der Waals surface area (Å²) in [6, 6.07) is 8.05. The summed E-state index contributed by atoms with van der Waals surface area (Å²) in [6.45, 7) is 2.63. The summed E-state index contributed by atoms with van der Waals surface area (Å²) in [6.07, 6.45) is 0.909. The monoisotopic (exact) mass is 325 g/mol. The zero-order valence-electron chi connectivity index (χ0n) is 11.4. The predicted molar refractivity (Wildman–Crippen MR) is 81.4 cm³/mol. The molecule has 0 atom stereocenters. The van der Waals surface area contributed by atoms with Gasteiger partial charge < -0.3 is 4.74 Å². The van der Waals surface area contributed by atoms with Crippen LogP contribution < -0.4 is 9.88 Å². The number of hydrogen-bond acceptors (Lipinski definition) is 5. The molecule has 7 heteroatoms. The third-order valence-corrected chi connectivity index (χ3v) is 4.69. The molecule has 0 unspecified atom stereocenters. The van der Waals surface area contributed by atoms with E-state index in [1.54, 1.807) is 24.3 Å². The number of nitrogens with two attached hydrogens (primary N) is 1. The van der Waals surface area contributed by atoms with Crippen molar-refractivity contribution in [3.8, 4) is 5.75 Å². The zero-order valence-corrected chi connectivity index (χ0v) is 13.0. The van der Waals surface area contributed by atoms with Crippen molar-refractivity contribution >= 4 is 27.1 Å². The Bertz CT molecular complexity index is 733. The number of thiophene rings is 1. The van der Waals surface area contributed by atoms with E-state index in [0.29, 0.717) is 22.8 Å². The highest BCUT2D eigenvalue weighted by molar-refractivity contribution is 7.89. The molecule has 0 fully saturated rings. The van der Waals surface area contributed by atoms with Crippen molar-refractivity contribution in [2.75, 3.05) is 6.61 Å². The second kappa shape index (κ2) is 6.38. The van der Waals surface area contributed by atoms with Gasteiger partial charge in [-0.15, -0.1) is 11.3 Å². The first-order valence-electron chi connectivity index (χ1n) is 6.30. The molecule has 0 aliphatic heterocycles. The van der Waals surface area contributed by atoms with E-state index < -0.39 is 10.0 Å². The van der Waals surface area contributed by atoms with Crippen LogP contribution in [-0.2, 0) is 10.0 Å². The van der Waals surface area contributed by atoms with E-state index in [4.69, 9.17) is 9.88 Å². The van der Waals surface area contributed by atoms with Gasteiger partial charge in [0.1, 0.15) is 5.75 Å². The summed E-state index contributed by atoms with van der Waals surface area (Å²) in [5.74, 6) is 0.460. The maximum Gasteiger partial charge on any atom is 0.238 e. The fourth-order valence-electron chi connectivity index (χ4n) is 1.65. The van der Waals surface area contributed by atoms with Gasteiger partial charge in [0.2, 0.25) is 15.8 Å². The number of carbonyl (C=O) groups excluding carboxylic acids is 1. The third kappa shape index (κ3) is 3.90. The second-order valence-corrected chi connectivity index (χ2v) is 6.87. The van der Waals surface area contributed by atoms with E-state index in [-0.39, 0.29) is 10.7 Å². The lowest BCUT2D eigenvalue weighted by Gasteiger charge is -2.04. The molecule has 0 amide bonds. The van der Waals surface area contributed by atoms with Crippen LogP contribution in [0, 0.1) is 0 Å². The zero-order chi connectivity index (χ0) is 15.5. The minimum Gasteiger partial charge on any atom is -0.494 e. The number of hydrogen-bond donors (Lipinski definition) is 1. The normalized spacial score (nSPS) is 11.3. The Kier molecular flexibility index (Phi) is 4.76. The topological polar surface area (TPSA) is 86.5 Å². The molecule has 5 nitrogen and oxygen atoms in total. The molecule has 2 aromatic rings. The molecule has 112 valence electrons. The maximum atomic E-state index is 12.2. The summed E-state index contributed by atoms with van der Waals surface area (Å²) in [5, 5.41) is 6.39. The first-order valence-corrected chi connectivity index (χ1v) is 8.73. The van der Waals surface area contributed by atoms with Crippen LogP contribution >= 0.6 is 11.3 Å². The summed E-state index contributed by atoms with van der Waals surface area (Å²) in [5.41, 5.74) is 0.474. The molecule has 21 heavy (non-hydrogen) atoms. The fraction of sp³-hybridized carbons (Fsp3) is 0.214. The quantitative estimate of drug-likeness (QED) is 0.826. The second-order valence-electron chi connectivity index (χ2n) is 4.39. The van der Waals surface area contributed by atoms with E-state index in [1.165, 1.54) is 11.4 Å². The van der Waals surface area contributed by atoms with E-state index in [1.807, 2.05) is 6.92 Å². The highest BCUT2D eigenvalue weighted by Crippen LogP contribution is 2.22. The fourth-order valence-corrected chi connectivity index (χ4v) is 3.42. The van der Waals surface area contributed by atoms with Gasteiger partial charge in [-0.25, -0.2) is 13.6 Å². The van der Waals surface area contributed by atoms with E-state index in [9.17, 15) is 13.2 Å². The third-order valence-electron chi connectivity index (χ3n) is 2.72. The highest BCUT2D eigenvalue weighted by Gasteiger charge is 2.16. The molecule has 0 saturated carbocycles. The molecule has 1 aromatic heterocycles. The summed E-state index contributed by atoms with van der Waals surface area (Å²) in [7, 11) is -3.78. The summed E-state index contributed by atoms with van der Waals surface area (Å²) in [4.78, 5) is 12.5. The highest BCUT2D eigenvalue weighted by atomic mass is 32.2. The van der Waals surface area contributed by atoms with Gasteiger partial charge in [0.15, 0.2) is 0 Å². The number of rotatable bonds is 6. The number of ether oxygens (including phenoxy) is 1. The predicted octanol–water partition coefficient (Wildman–Crippen LogP) is 2.42. The van der Waals surface area contributed by atoms with Gasteiger partial charge >= 0.3 is 0 Å². The Morgan fingerprint density at radius 1 is 1.29 bits per heavy atom. The number of carbonyl (C=O) groups is 1. The van der Waals surface area contributed by atoms with Gasteiger partial charge in [-0.1, -0.05) is 6.92 Å². The van der Waals surface area contributed by atoms with Gasteiger partial charge in [0.05, 0.1) is 16.4 Å². The lowest BCUT2D eigenvalue weighted by Crippen LogP contribution is -2.11. The van der Waals surface area contributed by atoms with Crippen LogP contribution in [0.5, 0.6) is 5.75 Å². The van der Waals surface area contributed by atoms with Crippen molar-refractivity contribution in [3.05, 3.63) is 46.2 Å². The Balaban J connectivity index is 2.18. The summed E-state index contributed by atoms with van der Waals surface area (Å²) < 4.78 is 27.9. The van der Waals surface area contributed by atoms with Crippen molar-refractivity contribution in [2.45, 2.75) is 18.2 Å². The van der Waals surface area contributed by atoms with Crippen molar-refractivity contribution < 1.29 is 17.9 Å². The van der Waals surface area contributed by atoms with E-state index in [0.717, 1.165) is 17.8 Å². The van der Waals surface area contributed by atoms with E-state index in [2.05, 4.69) is 0 Å². The SMILES string of the molecule is CCCOc1ccc(C(=O)c2cc(S(N)(=O)=O)cs2)cc1. The van der Waals surface area contributed by atoms with Crippen LogP contribution in [0.15, 0.2) is 40.6 Å². The van der Waals surface area contributed by atoms with Crippen molar-refractivity contribution in [1.82, 2.24) is 0 Å². The molecule has 0 radical (unpaired) electrons. The molecular weight excluding hydrogens is 310 g/mol. The number of benzene rings is 1. The smallest absolute Gasteiger partial charge is 0.238 e. The largest absolute Gasteiger partial charge is 0.494 e. The molecule has 2 rings (SSSR count). The molecule has 0 aliphatic rings. The molecule has 1 aromatic carbocycles. The average Bonchev–Trinajstić information content (AvgIpc) is 2.95. The van der Waals surface area contributed by atoms with E-state index >= 15 is 0 Å². The van der Waals surface area contributed by atoms with Gasteiger partial charge in [-0.2, -0.15) is 0 Å². The Labute approximate surface area is 127 Å². The lowest BCUT2D eigenvalue weighted by atomic mass is 10.1. The molecule has 0 aliphatic carbocycles. The standard InChI is InChI=1S/C14H15NO4S2/c1-2-7-19-11-5-3-10(4-6-11)14(16)13-8-12(9-20-13)21(15,17)18/h3-6,8-9H,2,7H2,1H3,(H2,15,17,18). The van der Waals surface area contributed by atoms with Crippen LogP contribution in [0.2, 0.25) is 0 Å². The van der Waals surface area contributed by atoms with Gasteiger partial charge in [0.25, 0.3) is 0 Å². The van der Waals surface area contributed by atoms with Crippen molar-refractivity contribution in [3.63, 3.8) is 0 Å². The Morgan fingerprint density at radius 3 is 2.48 bits per heavy atom. The Morgan fingerprint density at radius 2 is 1.95 bits per heavy atom. The molecule has 2 N–H and O–H groups in total. The lowest BCUT2D eigenvalue weighted by molar-refractivity contribution is 0.104. The minimum atomic E-state index is -3.78. The molecular formula is C14H15NO4S2. The molecule has 0 spiro atoms. The van der Waals surface area contributed by atoms with Crippen LogP contribution in [0.3, 0.4) is 0 Å². The number of sulfonamides is 1. The number of ketones is 1. The maximum absolute atomic E-state index is 12.2. The number of primary sulfonamides is 1. The molecule has 1 heterocycles. The Hall–Kier alpha value is -1.70. The van der Waals surface area contributed by atoms with Crippen LogP contribution in [0.25, 0.3) is 0 Å². The minimum absolute atomic E-state index is 0.0428. The van der Waals surface area contributed by atoms with Crippen LogP contribution in [0.4, 0.5) is 0 Å². The van der Waals surface area contributed by atoms with Gasteiger partial charge in [-0.05, 0) is 36.8 Å². The first-order chi connectivity index (χ1) is 9.91. The van der Waals surface area contributed by atoms with Crippen molar-refractivity contribution in [2.24, 2.45) is 5.14 Å². The molecule has 0 saturated heterocycles. The van der Waals surface area contributed by atoms with Gasteiger partial charge in [-0.3, -0.25) is 4.79 Å². The average molecular weight is 325 g/mol. The first kappa shape index (κ1) is 15.7. The molecule has 0 bridgehead atoms. The van der Waals surface area contributed by atoms with Crippen LogP contribution in [0.1, 0.15) is 28.6 Å². The van der Waals surface area contributed by atoms with Crippen LogP contribution in [-0.4, -0.2) is 20.8 Å². The van der Waals surface area contributed by atoms with Crippen molar-refractivity contribution in [1.29, 1.82) is 0 Å². The summed E-state index contributed by atoms with van der Waals surface area (Å²) >= 11 is 1.06.